The van der Waals surface area contributed by atoms with Crippen LogP contribution in [0.25, 0.3) is 0 Å². The average Bonchev–Trinajstić information content (AvgIpc) is 2.85. The highest BCUT2D eigenvalue weighted by Gasteiger charge is 2.31. The zero-order valence-corrected chi connectivity index (χ0v) is 10.2. The van der Waals surface area contributed by atoms with Crippen molar-refractivity contribution in [2.24, 2.45) is 7.05 Å². The largest absolute Gasteiger partial charge is 0.334 e. The van der Waals surface area contributed by atoms with Gasteiger partial charge in [-0.3, -0.25) is 14.3 Å². The van der Waals surface area contributed by atoms with Gasteiger partial charge in [0.15, 0.2) is 0 Å². The predicted octanol–water partition coefficient (Wildman–Crippen LogP) is 1.00. The van der Waals surface area contributed by atoms with E-state index in [1.165, 1.54) is 0 Å². The van der Waals surface area contributed by atoms with Crippen LogP contribution in [0.2, 0.25) is 0 Å². The second-order valence-electron chi connectivity index (χ2n) is 4.54. The molecule has 1 aromatic heterocycles. The number of ketones is 1. The van der Waals surface area contributed by atoms with Gasteiger partial charge in [0.05, 0.1) is 0 Å². The summed E-state index contributed by atoms with van der Waals surface area (Å²) in [4.78, 5) is 25.2. The summed E-state index contributed by atoms with van der Waals surface area (Å²) in [5, 5.41) is 4.00. The van der Waals surface area contributed by atoms with Crippen LogP contribution >= 0.6 is 0 Å². The first-order chi connectivity index (χ1) is 8.09. The number of aromatic nitrogens is 2. The Hall–Kier alpha value is -1.65. The van der Waals surface area contributed by atoms with Gasteiger partial charge in [-0.05, 0) is 25.8 Å². The highest BCUT2D eigenvalue weighted by Crippen LogP contribution is 2.22. The van der Waals surface area contributed by atoms with Crippen LogP contribution in [-0.4, -0.2) is 39.0 Å². The first kappa shape index (κ1) is 11.8. The first-order valence-electron chi connectivity index (χ1n) is 5.88. The third-order valence-corrected chi connectivity index (χ3v) is 3.20. The number of rotatable bonds is 3. The molecule has 2 heterocycles. The summed E-state index contributed by atoms with van der Waals surface area (Å²) in [5.41, 5.74) is 0.584. The lowest BCUT2D eigenvalue weighted by molar-refractivity contribution is -0.117. The molecule has 1 atom stereocenters. The van der Waals surface area contributed by atoms with E-state index >= 15 is 0 Å². The third-order valence-electron chi connectivity index (χ3n) is 3.20. The van der Waals surface area contributed by atoms with Gasteiger partial charge in [0, 0.05) is 32.3 Å². The molecule has 0 aromatic carbocycles. The summed E-state index contributed by atoms with van der Waals surface area (Å²) >= 11 is 0. The van der Waals surface area contributed by atoms with E-state index in [-0.39, 0.29) is 17.7 Å². The molecule has 5 nitrogen and oxygen atoms in total. The summed E-state index contributed by atoms with van der Waals surface area (Å²) in [5.74, 6) is 0.119. The molecule has 0 radical (unpaired) electrons. The summed E-state index contributed by atoms with van der Waals surface area (Å²) < 4.78 is 1.57. The smallest absolute Gasteiger partial charge is 0.272 e. The molecule has 0 aliphatic carbocycles. The molecule has 17 heavy (non-hydrogen) atoms. The van der Waals surface area contributed by atoms with E-state index in [4.69, 9.17) is 0 Å². The number of hydrogen-bond donors (Lipinski definition) is 0. The van der Waals surface area contributed by atoms with Crippen LogP contribution in [0.4, 0.5) is 0 Å². The molecule has 1 aliphatic heterocycles. The standard InChI is InChI=1S/C12H17N3O2/c1-9(16)8-10-4-3-7-15(10)12(17)11-5-6-13-14(11)2/h5-6,10H,3-4,7-8H2,1-2H3. The lowest BCUT2D eigenvalue weighted by atomic mass is 10.1. The van der Waals surface area contributed by atoms with E-state index in [1.54, 1.807) is 35.8 Å². The molecule has 1 amide bonds. The molecule has 0 spiro atoms. The van der Waals surface area contributed by atoms with Crippen LogP contribution < -0.4 is 0 Å². The van der Waals surface area contributed by atoms with Crippen molar-refractivity contribution in [1.29, 1.82) is 0 Å². The van der Waals surface area contributed by atoms with E-state index in [0.717, 1.165) is 19.4 Å². The highest BCUT2D eigenvalue weighted by molar-refractivity contribution is 5.93. The highest BCUT2D eigenvalue weighted by atomic mass is 16.2. The fourth-order valence-corrected chi connectivity index (χ4v) is 2.38. The number of amides is 1. The Kier molecular flexibility index (Phi) is 3.26. The quantitative estimate of drug-likeness (QED) is 0.785. The van der Waals surface area contributed by atoms with Crippen molar-refractivity contribution in [2.75, 3.05) is 6.54 Å². The molecule has 2 rings (SSSR count). The van der Waals surface area contributed by atoms with Crippen LogP contribution in [0.1, 0.15) is 36.7 Å². The second-order valence-corrected chi connectivity index (χ2v) is 4.54. The van der Waals surface area contributed by atoms with Gasteiger partial charge in [-0.25, -0.2) is 0 Å². The topological polar surface area (TPSA) is 55.2 Å². The predicted molar refractivity (Wildman–Crippen MR) is 62.6 cm³/mol. The van der Waals surface area contributed by atoms with Crippen molar-refractivity contribution < 1.29 is 9.59 Å². The SMILES string of the molecule is CC(=O)CC1CCCN1C(=O)c1ccnn1C. The molecule has 1 aliphatic rings. The van der Waals surface area contributed by atoms with Crippen LogP contribution in [0, 0.1) is 0 Å². The molecule has 1 fully saturated rings. The Morgan fingerprint density at radius 2 is 2.29 bits per heavy atom. The van der Waals surface area contributed by atoms with E-state index in [9.17, 15) is 9.59 Å². The van der Waals surface area contributed by atoms with Gasteiger partial charge in [-0.15, -0.1) is 0 Å². The maximum atomic E-state index is 12.3. The molecule has 1 saturated heterocycles. The molecule has 1 unspecified atom stereocenters. The maximum Gasteiger partial charge on any atom is 0.272 e. The Labute approximate surface area is 100 Å². The Balaban J connectivity index is 2.14. The number of likely N-dealkylation sites (tertiary alicyclic amines) is 1. The Morgan fingerprint density at radius 1 is 1.53 bits per heavy atom. The van der Waals surface area contributed by atoms with Crippen LogP contribution in [0.5, 0.6) is 0 Å². The summed E-state index contributed by atoms with van der Waals surface area (Å²) in [6.07, 6.45) is 3.97. The Morgan fingerprint density at radius 3 is 2.88 bits per heavy atom. The first-order valence-corrected chi connectivity index (χ1v) is 5.88. The summed E-state index contributed by atoms with van der Waals surface area (Å²) in [7, 11) is 1.75. The zero-order valence-electron chi connectivity index (χ0n) is 10.2. The fraction of sp³-hybridized carbons (Fsp3) is 0.583. The monoisotopic (exact) mass is 235 g/mol. The fourth-order valence-electron chi connectivity index (χ4n) is 2.38. The second kappa shape index (κ2) is 4.69. The lowest BCUT2D eigenvalue weighted by Gasteiger charge is -2.23. The van der Waals surface area contributed by atoms with Gasteiger partial charge >= 0.3 is 0 Å². The minimum atomic E-state index is -0.0197. The number of carbonyl (C=O) groups excluding carboxylic acids is 2. The number of aryl methyl sites for hydroxylation is 1. The number of hydrogen-bond acceptors (Lipinski definition) is 3. The van der Waals surface area contributed by atoms with Gasteiger partial charge in [-0.2, -0.15) is 5.10 Å². The normalized spacial score (nSPS) is 19.6. The van der Waals surface area contributed by atoms with Crippen LogP contribution in [0.3, 0.4) is 0 Å². The summed E-state index contributed by atoms with van der Waals surface area (Å²) in [6.45, 7) is 2.31. The molecule has 1 aromatic rings. The van der Waals surface area contributed by atoms with E-state index < -0.39 is 0 Å². The van der Waals surface area contributed by atoms with Crippen molar-refractivity contribution >= 4 is 11.7 Å². The van der Waals surface area contributed by atoms with E-state index in [1.807, 2.05) is 0 Å². The van der Waals surface area contributed by atoms with Crippen LogP contribution in [0.15, 0.2) is 12.3 Å². The molecular weight excluding hydrogens is 218 g/mol. The maximum absolute atomic E-state index is 12.3. The minimum Gasteiger partial charge on any atom is -0.334 e. The van der Waals surface area contributed by atoms with Crippen molar-refractivity contribution in [3.63, 3.8) is 0 Å². The summed E-state index contributed by atoms with van der Waals surface area (Å²) in [6, 6.07) is 1.78. The zero-order chi connectivity index (χ0) is 12.4. The van der Waals surface area contributed by atoms with Gasteiger partial charge in [0.1, 0.15) is 11.5 Å². The van der Waals surface area contributed by atoms with Gasteiger partial charge in [0.25, 0.3) is 5.91 Å². The van der Waals surface area contributed by atoms with Crippen molar-refractivity contribution in [3.8, 4) is 0 Å². The molecule has 5 heteroatoms. The Bertz CT molecular complexity index is 439. The average molecular weight is 235 g/mol. The van der Waals surface area contributed by atoms with Crippen molar-refractivity contribution in [2.45, 2.75) is 32.2 Å². The minimum absolute atomic E-state index is 0.0197. The van der Waals surface area contributed by atoms with E-state index in [2.05, 4.69) is 5.10 Å². The van der Waals surface area contributed by atoms with Crippen molar-refractivity contribution in [1.82, 2.24) is 14.7 Å². The molecule has 0 bridgehead atoms. The number of carbonyl (C=O) groups is 2. The molecule has 0 saturated carbocycles. The molecular formula is C12H17N3O2. The van der Waals surface area contributed by atoms with Crippen LogP contribution in [-0.2, 0) is 11.8 Å². The third kappa shape index (κ3) is 2.38. The van der Waals surface area contributed by atoms with Crippen molar-refractivity contribution in [3.05, 3.63) is 18.0 Å². The number of nitrogens with zero attached hydrogens (tertiary/aromatic N) is 3. The van der Waals surface area contributed by atoms with Gasteiger partial charge in [-0.1, -0.05) is 0 Å². The van der Waals surface area contributed by atoms with Gasteiger partial charge in [0.2, 0.25) is 0 Å². The molecule has 0 N–H and O–H groups in total. The molecule has 92 valence electrons. The van der Waals surface area contributed by atoms with Gasteiger partial charge < -0.3 is 4.90 Å². The van der Waals surface area contributed by atoms with E-state index in [0.29, 0.717) is 12.1 Å². The number of Topliss-reactive ketones (excluding diaryl/α,β-unsaturated/α-hetero) is 1. The lowest BCUT2D eigenvalue weighted by Crippen LogP contribution is -2.37.